The molecule has 0 atom stereocenters. The second kappa shape index (κ2) is 9.72. The van der Waals surface area contributed by atoms with Gasteiger partial charge in [0.05, 0.1) is 0 Å². The van der Waals surface area contributed by atoms with Crippen LogP contribution in [0.25, 0.3) is 0 Å². The van der Waals surface area contributed by atoms with Crippen LogP contribution in [0.5, 0.6) is 0 Å². The number of urea groups is 1. The number of hydrogen-bond acceptors (Lipinski definition) is 2. The molecule has 1 aliphatic rings. The van der Waals surface area contributed by atoms with Gasteiger partial charge in [0.2, 0.25) is 0 Å². The lowest BCUT2D eigenvalue weighted by atomic mass is 10.1. The zero-order valence-electron chi connectivity index (χ0n) is 15.3. The Morgan fingerprint density at radius 2 is 1.70 bits per heavy atom. The smallest absolute Gasteiger partial charge is 0.317 e. The molecule has 0 unspecified atom stereocenters. The Labute approximate surface area is 164 Å². The maximum absolute atomic E-state index is 13.6. The van der Waals surface area contributed by atoms with Crippen LogP contribution in [-0.4, -0.2) is 55.1 Å². The number of halogens is 2. The van der Waals surface area contributed by atoms with Gasteiger partial charge in [0.1, 0.15) is 5.82 Å². The van der Waals surface area contributed by atoms with Crippen LogP contribution in [0.4, 0.5) is 9.18 Å². The van der Waals surface area contributed by atoms with Crippen molar-refractivity contribution in [3.63, 3.8) is 0 Å². The number of nitrogens with one attached hydrogen (secondary N) is 1. The highest BCUT2D eigenvalue weighted by Gasteiger charge is 2.20. The predicted molar refractivity (Wildman–Crippen MR) is 107 cm³/mol. The number of piperazine rings is 1. The number of carbonyl (C=O) groups excluding carboxylic acids is 1. The lowest BCUT2D eigenvalue weighted by Crippen LogP contribution is -2.52. The van der Waals surface area contributed by atoms with Gasteiger partial charge in [0.15, 0.2) is 0 Å². The van der Waals surface area contributed by atoms with Crippen molar-refractivity contribution in [3.8, 4) is 0 Å². The topological polar surface area (TPSA) is 35.6 Å². The van der Waals surface area contributed by atoms with Crippen LogP contribution in [0.15, 0.2) is 48.5 Å². The molecule has 144 valence electrons. The fourth-order valence-corrected chi connectivity index (χ4v) is 3.36. The zero-order chi connectivity index (χ0) is 19.1. The molecule has 0 bridgehead atoms. The molecule has 27 heavy (non-hydrogen) atoms. The summed E-state index contributed by atoms with van der Waals surface area (Å²) in [5, 5.41) is 3.65. The van der Waals surface area contributed by atoms with Gasteiger partial charge in [-0.15, -0.1) is 0 Å². The van der Waals surface area contributed by atoms with Crippen LogP contribution < -0.4 is 5.32 Å². The molecule has 0 saturated carbocycles. The van der Waals surface area contributed by atoms with Crippen molar-refractivity contribution < 1.29 is 9.18 Å². The Balaban J connectivity index is 1.35. The summed E-state index contributed by atoms with van der Waals surface area (Å²) in [5.41, 5.74) is 1.90. The highest BCUT2D eigenvalue weighted by Crippen LogP contribution is 2.11. The molecule has 1 aliphatic heterocycles. The van der Waals surface area contributed by atoms with E-state index in [0.717, 1.165) is 31.1 Å². The van der Waals surface area contributed by atoms with E-state index in [4.69, 9.17) is 11.6 Å². The van der Waals surface area contributed by atoms with E-state index in [1.807, 2.05) is 23.1 Å². The van der Waals surface area contributed by atoms with Crippen LogP contribution >= 0.6 is 11.6 Å². The molecule has 3 rings (SSSR count). The number of amides is 2. The molecule has 2 aromatic rings. The molecule has 0 spiro atoms. The first-order valence-corrected chi connectivity index (χ1v) is 9.72. The van der Waals surface area contributed by atoms with Gasteiger partial charge in [0.25, 0.3) is 0 Å². The van der Waals surface area contributed by atoms with Crippen molar-refractivity contribution in [3.05, 3.63) is 70.5 Å². The summed E-state index contributed by atoms with van der Waals surface area (Å²) in [6.45, 7) is 4.59. The molecule has 0 radical (unpaired) electrons. The molecule has 1 N–H and O–H groups in total. The third-order valence-electron chi connectivity index (χ3n) is 4.92. The monoisotopic (exact) mass is 389 g/mol. The molecule has 4 nitrogen and oxygen atoms in total. The molecular weight excluding hydrogens is 365 g/mol. The van der Waals surface area contributed by atoms with E-state index in [1.54, 1.807) is 12.1 Å². The molecule has 2 amide bonds. The van der Waals surface area contributed by atoms with E-state index in [9.17, 15) is 9.18 Å². The minimum absolute atomic E-state index is 0.0660. The molecule has 1 heterocycles. The molecule has 0 aromatic heterocycles. The van der Waals surface area contributed by atoms with Gasteiger partial charge in [-0.2, -0.15) is 0 Å². The Morgan fingerprint density at radius 3 is 2.41 bits per heavy atom. The number of carbonyl (C=O) groups is 1. The lowest BCUT2D eigenvalue weighted by molar-refractivity contribution is 0.140. The van der Waals surface area contributed by atoms with Gasteiger partial charge in [-0.1, -0.05) is 41.9 Å². The third-order valence-corrected chi connectivity index (χ3v) is 5.17. The van der Waals surface area contributed by atoms with Crippen LogP contribution in [0.1, 0.15) is 11.1 Å². The summed E-state index contributed by atoms with van der Waals surface area (Å²) in [4.78, 5) is 16.5. The van der Waals surface area contributed by atoms with Gasteiger partial charge >= 0.3 is 6.03 Å². The van der Waals surface area contributed by atoms with Crippen molar-refractivity contribution >= 4 is 17.6 Å². The summed E-state index contributed by atoms with van der Waals surface area (Å²) in [6.07, 6.45) is 1.48. The first-order chi connectivity index (χ1) is 13.1. The Kier molecular flexibility index (Phi) is 7.07. The standard InChI is InChI=1S/C21H25ClFN3O/c22-19-7-5-17(6-8-19)10-12-25-13-15-26(16-14-25)21(27)24-11-9-18-3-1-2-4-20(18)23/h1-8H,9-16H2,(H,24,27). The second-order valence-electron chi connectivity index (χ2n) is 6.78. The number of rotatable bonds is 6. The first kappa shape index (κ1) is 19.6. The van der Waals surface area contributed by atoms with E-state index < -0.39 is 0 Å². The van der Waals surface area contributed by atoms with Gasteiger partial charge < -0.3 is 10.2 Å². The van der Waals surface area contributed by atoms with E-state index >= 15 is 0 Å². The molecule has 0 aliphatic carbocycles. The maximum Gasteiger partial charge on any atom is 0.317 e. The Hall–Kier alpha value is -2.11. The average Bonchev–Trinajstić information content (AvgIpc) is 2.69. The minimum atomic E-state index is -0.221. The van der Waals surface area contributed by atoms with E-state index in [2.05, 4.69) is 22.3 Å². The maximum atomic E-state index is 13.6. The fraction of sp³-hybridized carbons (Fsp3) is 0.381. The molecule has 2 aromatic carbocycles. The first-order valence-electron chi connectivity index (χ1n) is 9.35. The number of hydrogen-bond donors (Lipinski definition) is 1. The minimum Gasteiger partial charge on any atom is -0.338 e. The fourth-order valence-electron chi connectivity index (χ4n) is 3.23. The van der Waals surface area contributed by atoms with Gasteiger partial charge in [-0.05, 0) is 42.2 Å². The van der Waals surface area contributed by atoms with Gasteiger partial charge in [-0.3, -0.25) is 4.90 Å². The highest BCUT2D eigenvalue weighted by molar-refractivity contribution is 6.30. The molecule has 1 fully saturated rings. The number of nitrogens with zero attached hydrogens (tertiary/aromatic N) is 2. The summed E-state index contributed by atoms with van der Waals surface area (Å²) in [6, 6.07) is 14.6. The van der Waals surface area contributed by atoms with Gasteiger partial charge in [0, 0.05) is 44.3 Å². The quantitative estimate of drug-likeness (QED) is 0.819. The second-order valence-corrected chi connectivity index (χ2v) is 7.21. The van der Waals surface area contributed by atoms with Crippen LogP contribution in [0.3, 0.4) is 0 Å². The van der Waals surface area contributed by atoms with Crippen molar-refractivity contribution in [2.24, 2.45) is 0 Å². The Morgan fingerprint density at radius 1 is 1.00 bits per heavy atom. The van der Waals surface area contributed by atoms with E-state index in [0.29, 0.717) is 31.6 Å². The van der Waals surface area contributed by atoms with Crippen LogP contribution in [-0.2, 0) is 12.8 Å². The van der Waals surface area contributed by atoms with Crippen molar-refractivity contribution in [1.29, 1.82) is 0 Å². The van der Waals surface area contributed by atoms with Crippen LogP contribution in [0, 0.1) is 5.82 Å². The SMILES string of the molecule is O=C(NCCc1ccccc1F)N1CCN(CCc2ccc(Cl)cc2)CC1. The molecular formula is C21H25ClFN3O. The third kappa shape index (κ3) is 5.94. The summed E-state index contributed by atoms with van der Waals surface area (Å²) in [5.74, 6) is -0.221. The summed E-state index contributed by atoms with van der Waals surface area (Å²) in [7, 11) is 0. The Bertz CT molecular complexity index is 745. The predicted octanol–water partition coefficient (Wildman–Crippen LogP) is 3.59. The van der Waals surface area contributed by atoms with Crippen molar-refractivity contribution in [1.82, 2.24) is 15.1 Å². The highest BCUT2D eigenvalue weighted by atomic mass is 35.5. The summed E-state index contributed by atoms with van der Waals surface area (Å²) < 4.78 is 13.6. The van der Waals surface area contributed by atoms with Crippen molar-refractivity contribution in [2.45, 2.75) is 12.8 Å². The largest absolute Gasteiger partial charge is 0.338 e. The summed E-state index contributed by atoms with van der Waals surface area (Å²) >= 11 is 5.91. The molecule has 6 heteroatoms. The van der Waals surface area contributed by atoms with E-state index in [1.165, 1.54) is 11.6 Å². The van der Waals surface area contributed by atoms with Crippen molar-refractivity contribution in [2.75, 3.05) is 39.3 Å². The van der Waals surface area contributed by atoms with E-state index in [-0.39, 0.29) is 11.8 Å². The normalized spacial score (nSPS) is 15.0. The molecule has 1 saturated heterocycles. The van der Waals surface area contributed by atoms with Crippen LogP contribution in [0.2, 0.25) is 5.02 Å². The lowest BCUT2D eigenvalue weighted by Gasteiger charge is -2.34. The van der Waals surface area contributed by atoms with Gasteiger partial charge in [-0.25, -0.2) is 9.18 Å². The average molecular weight is 390 g/mol. The number of benzene rings is 2. The zero-order valence-corrected chi connectivity index (χ0v) is 16.1.